The molecule has 1 saturated heterocycles. The largest absolute Gasteiger partial charge is 0.405 e. The summed E-state index contributed by atoms with van der Waals surface area (Å²) < 4.78 is 40.9. The lowest BCUT2D eigenvalue weighted by Crippen LogP contribution is -2.48. The van der Waals surface area contributed by atoms with Crippen molar-refractivity contribution in [1.29, 1.82) is 0 Å². The third kappa shape index (κ3) is 3.67. The van der Waals surface area contributed by atoms with Gasteiger partial charge in [0.15, 0.2) is 0 Å². The molecule has 0 aliphatic carbocycles. The van der Waals surface area contributed by atoms with Crippen LogP contribution in [0.4, 0.5) is 13.2 Å². The highest BCUT2D eigenvalue weighted by Crippen LogP contribution is 2.18. The Labute approximate surface area is 84.9 Å². The molecule has 1 aliphatic rings. The Morgan fingerprint density at radius 3 is 2.73 bits per heavy atom. The van der Waals surface area contributed by atoms with Crippen molar-refractivity contribution >= 4 is 5.91 Å². The van der Waals surface area contributed by atoms with Crippen molar-refractivity contribution in [2.45, 2.75) is 18.6 Å². The molecule has 1 aliphatic heterocycles. The molecule has 0 saturated carbocycles. The zero-order valence-electron chi connectivity index (χ0n) is 8.01. The quantitative estimate of drug-likeness (QED) is 0.713. The molecule has 1 heterocycles. The average molecular weight is 226 g/mol. The lowest BCUT2D eigenvalue weighted by Gasteiger charge is -2.17. The molecule has 1 amide bonds. The number of ether oxygens (including phenoxy) is 1. The first-order valence-corrected chi connectivity index (χ1v) is 4.59. The van der Waals surface area contributed by atoms with E-state index in [1.807, 2.05) is 0 Å². The first-order valence-electron chi connectivity index (χ1n) is 4.59. The Balaban J connectivity index is 2.27. The second-order valence-electron chi connectivity index (χ2n) is 3.45. The number of hydrogen-bond donors (Lipinski definition) is 2. The van der Waals surface area contributed by atoms with E-state index in [9.17, 15) is 18.0 Å². The molecule has 4 nitrogen and oxygen atoms in total. The second-order valence-corrected chi connectivity index (χ2v) is 3.45. The van der Waals surface area contributed by atoms with Crippen LogP contribution in [0.25, 0.3) is 0 Å². The number of alkyl halides is 3. The molecular weight excluding hydrogens is 213 g/mol. The molecule has 0 bridgehead atoms. The first kappa shape index (κ1) is 12.3. The van der Waals surface area contributed by atoms with Gasteiger partial charge in [0.05, 0.1) is 12.5 Å². The van der Waals surface area contributed by atoms with E-state index in [0.29, 0.717) is 13.0 Å². The molecule has 0 aromatic carbocycles. The van der Waals surface area contributed by atoms with Gasteiger partial charge in [0.1, 0.15) is 6.04 Å². The van der Waals surface area contributed by atoms with Crippen LogP contribution in [0.5, 0.6) is 0 Å². The summed E-state index contributed by atoms with van der Waals surface area (Å²) in [6.07, 6.45) is -3.92. The monoisotopic (exact) mass is 226 g/mol. The highest BCUT2D eigenvalue weighted by atomic mass is 19.4. The lowest BCUT2D eigenvalue weighted by atomic mass is 10.1. The molecule has 0 radical (unpaired) electrons. The minimum atomic E-state index is -4.47. The SMILES string of the molecule is NC(CNC(=O)C1CCOC1)C(F)(F)F. The topological polar surface area (TPSA) is 64.3 Å². The highest BCUT2D eigenvalue weighted by Gasteiger charge is 2.37. The number of carbonyl (C=O) groups is 1. The van der Waals surface area contributed by atoms with E-state index in [-0.39, 0.29) is 12.5 Å². The molecule has 0 aromatic heterocycles. The third-order valence-electron chi connectivity index (χ3n) is 2.22. The fourth-order valence-corrected chi connectivity index (χ4v) is 1.21. The number of nitrogens with two attached hydrogens (primary N) is 1. The summed E-state index contributed by atoms with van der Waals surface area (Å²) in [7, 11) is 0. The van der Waals surface area contributed by atoms with Gasteiger partial charge in [-0.1, -0.05) is 0 Å². The molecule has 15 heavy (non-hydrogen) atoms. The maximum atomic E-state index is 12.0. The van der Waals surface area contributed by atoms with Crippen molar-refractivity contribution in [3.05, 3.63) is 0 Å². The van der Waals surface area contributed by atoms with Crippen LogP contribution < -0.4 is 11.1 Å². The summed E-state index contributed by atoms with van der Waals surface area (Å²) >= 11 is 0. The molecule has 1 rings (SSSR count). The summed E-state index contributed by atoms with van der Waals surface area (Å²) in [5.74, 6) is -0.766. The molecule has 2 unspecified atom stereocenters. The van der Waals surface area contributed by atoms with Gasteiger partial charge in [0, 0.05) is 13.2 Å². The smallest absolute Gasteiger partial charge is 0.381 e. The number of carbonyl (C=O) groups excluding carboxylic acids is 1. The fourth-order valence-electron chi connectivity index (χ4n) is 1.21. The van der Waals surface area contributed by atoms with Gasteiger partial charge < -0.3 is 15.8 Å². The van der Waals surface area contributed by atoms with Crippen molar-refractivity contribution in [2.24, 2.45) is 11.7 Å². The predicted molar refractivity (Wildman–Crippen MR) is 46.0 cm³/mol. The Kier molecular flexibility index (Phi) is 3.92. The molecule has 7 heteroatoms. The maximum Gasteiger partial charge on any atom is 0.405 e. The number of hydrogen-bond acceptors (Lipinski definition) is 3. The van der Waals surface area contributed by atoms with Crippen LogP contribution in [0.3, 0.4) is 0 Å². The minimum Gasteiger partial charge on any atom is -0.381 e. The van der Waals surface area contributed by atoms with Crippen LogP contribution in [0, 0.1) is 5.92 Å². The molecule has 0 spiro atoms. The molecule has 88 valence electrons. The molecule has 1 fully saturated rings. The van der Waals surface area contributed by atoms with Crippen LogP contribution in [0.15, 0.2) is 0 Å². The number of amides is 1. The summed E-state index contributed by atoms with van der Waals surface area (Å²) in [5, 5.41) is 2.17. The van der Waals surface area contributed by atoms with Crippen molar-refractivity contribution in [3.63, 3.8) is 0 Å². The molecule has 2 atom stereocenters. The first-order chi connectivity index (χ1) is 6.91. The Bertz CT molecular complexity index is 226. The standard InChI is InChI=1S/C8H13F3N2O2/c9-8(10,11)6(12)3-13-7(14)5-1-2-15-4-5/h5-6H,1-4,12H2,(H,13,14). The predicted octanol–water partition coefficient (Wildman–Crippen LogP) is 0.0287. The Hall–Kier alpha value is -0.820. The summed E-state index contributed by atoms with van der Waals surface area (Å²) in [6.45, 7) is 0.162. The van der Waals surface area contributed by atoms with Crippen LogP contribution in [0.1, 0.15) is 6.42 Å². The number of halogens is 3. The van der Waals surface area contributed by atoms with E-state index in [4.69, 9.17) is 10.5 Å². The fraction of sp³-hybridized carbons (Fsp3) is 0.875. The number of rotatable bonds is 3. The van der Waals surface area contributed by atoms with Gasteiger partial charge in [-0.2, -0.15) is 13.2 Å². The molecule has 0 aromatic rings. The van der Waals surface area contributed by atoms with Crippen LogP contribution >= 0.6 is 0 Å². The number of nitrogens with one attached hydrogen (secondary N) is 1. The molecule has 3 N–H and O–H groups in total. The zero-order chi connectivity index (χ0) is 11.5. The van der Waals surface area contributed by atoms with E-state index in [2.05, 4.69) is 5.32 Å². The third-order valence-corrected chi connectivity index (χ3v) is 2.22. The van der Waals surface area contributed by atoms with Crippen molar-refractivity contribution < 1.29 is 22.7 Å². The van der Waals surface area contributed by atoms with Gasteiger partial charge in [-0.3, -0.25) is 4.79 Å². The van der Waals surface area contributed by atoms with E-state index in [1.165, 1.54) is 0 Å². The van der Waals surface area contributed by atoms with E-state index >= 15 is 0 Å². The van der Waals surface area contributed by atoms with Gasteiger partial charge in [0.2, 0.25) is 5.91 Å². The van der Waals surface area contributed by atoms with E-state index < -0.39 is 24.7 Å². The highest BCUT2D eigenvalue weighted by molar-refractivity contribution is 5.79. The van der Waals surface area contributed by atoms with Gasteiger partial charge in [-0.05, 0) is 6.42 Å². The van der Waals surface area contributed by atoms with Gasteiger partial charge >= 0.3 is 6.18 Å². The van der Waals surface area contributed by atoms with Crippen LogP contribution in [-0.4, -0.2) is 37.9 Å². The second kappa shape index (κ2) is 4.80. The summed E-state index contributed by atoms with van der Waals surface area (Å²) in [5.41, 5.74) is 4.83. The normalized spacial score (nSPS) is 23.9. The summed E-state index contributed by atoms with van der Waals surface area (Å²) in [4.78, 5) is 11.3. The maximum absolute atomic E-state index is 12.0. The van der Waals surface area contributed by atoms with Crippen molar-refractivity contribution in [1.82, 2.24) is 5.32 Å². The Morgan fingerprint density at radius 1 is 1.60 bits per heavy atom. The van der Waals surface area contributed by atoms with Crippen molar-refractivity contribution in [2.75, 3.05) is 19.8 Å². The Morgan fingerprint density at radius 2 is 2.27 bits per heavy atom. The summed E-state index contributed by atoms with van der Waals surface area (Å²) in [6, 6.07) is -2.01. The minimum absolute atomic E-state index is 0.271. The van der Waals surface area contributed by atoms with Crippen LogP contribution in [0.2, 0.25) is 0 Å². The lowest BCUT2D eigenvalue weighted by molar-refractivity contribution is -0.148. The average Bonchev–Trinajstić information content (AvgIpc) is 2.64. The van der Waals surface area contributed by atoms with Crippen molar-refractivity contribution in [3.8, 4) is 0 Å². The van der Waals surface area contributed by atoms with Gasteiger partial charge in [-0.15, -0.1) is 0 Å². The zero-order valence-corrected chi connectivity index (χ0v) is 8.01. The van der Waals surface area contributed by atoms with Gasteiger partial charge in [-0.25, -0.2) is 0 Å². The van der Waals surface area contributed by atoms with Crippen LogP contribution in [-0.2, 0) is 9.53 Å². The van der Waals surface area contributed by atoms with E-state index in [0.717, 1.165) is 0 Å². The van der Waals surface area contributed by atoms with Gasteiger partial charge in [0.25, 0.3) is 0 Å². The van der Waals surface area contributed by atoms with E-state index in [1.54, 1.807) is 0 Å². The molecular formula is C8H13F3N2O2.